The molecule has 0 fully saturated rings. The molecule has 0 radical (unpaired) electrons. The predicted octanol–water partition coefficient (Wildman–Crippen LogP) is 5.74. The van der Waals surface area contributed by atoms with Crippen LogP contribution >= 0.6 is 0 Å². The van der Waals surface area contributed by atoms with E-state index in [0.717, 1.165) is 15.7 Å². The van der Waals surface area contributed by atoms with Gasteiger partial charge in [0.05, 0.1) is 48.3 Å². The van der Waals surface area contributed by atoms with E-state index in [1.165, 1.54) is 67.3 Å². The average molecular weight is 720 g/mol. The van der Waals surface area contributed by atoms with E-state index >= 15 is 0 Å². The minimum Gasteiger partial charge on any atom is -0.496 e. The fourth-order valence-electron chi connectivity index (χ4n) is 6.18. The minimum atomic E-state index is -1.38. The summed E-state index contributed by atoms with van der Waals surface area (Å²) >= 11 is 0. The van der Waals surface area contributed by atoms with Crippen molar-refractivity contribution in [2.24, 2.45) is 0 Å². The number of carboxylic acids is 1. The fraction of sp³-hybridized carbons (Fsp3) is 0.300. The van der Waals surface area contributed by atoms with Gasteiger partial charge in [0.1, 0.15) is 23.4 Å². The number of hydrogen-bond donors (Lipinski definition) is 2. The Hall–Kier alpha value is -6.42. The van der Waals surface area contributed by atoms with E-state index in [1.54, 1.807) is 39.8 Å². The first-order valence-corrected chi connectivity index (χ1v) is 16.9. The van der Waals surface area contributed by atoms with Gasteiger partial charge in [0.2, 0.25) is 5.91 Å². The van der Waals surface area contributed by atoms with Crippen molar-refractivity contribution in [3.05, 3.63) is 101 Å². The third-order valence-corrected chi connectivity index (χ3v) is 9.15. The van der Waals surface area contributed by atoms with Crippen molar-refractivity contribution in [2.75, 3.05) is 24.0 Å². The van der Waals surface area contributed by atoms with Crippen molar-refractivity contribution in [2.45, 2.75) is 64.9 Å². The summed E-state index contributed by atoms with van der Waals surface area (Å²) in [5.41, 5.74) is 0.614. The Morgan fingerprint density at radius 2 is 1.64 bits per heavy atom. The topological polar surface area (TPSA) is 170 Å². The first-order valence-electron chi connectivity index (χ1n) is 16.9. The lowest BCUT2D eigenvalue weighted by Crippen LogP contribution is -2.60. The molecule has 4 amide bonds. The summed E-state index contributed by atoms with van der Waals surface area (Å²) < 4.78 is 11.2. The molecule has 274 valence electrons. The Labute approximate surface area is 307 Å². The van der Waals surface area contributed by atoms with Crippen molar-refractivity contribution in [3.8, 4) is 11.8 Å². The number of fused-ring (bicyclic) bond motifs is 2. The predicted molar refractivity (Wildman–Crippen MR) is 198 cm³/mol. The van der Waals surface area contributed by atoms with Gasteiger partial charge < -0.3 is 29.7 Å². The van der Waals surface area contributed by atoms with Gasteiger partial charge in [-0.1, -0.05) is 30.3 Å². The molecule has 0 bridgehead atoms. The minimum absolute atomic E-state index is 0.0312. The Bertz CT molecular complexity index is 2140. The number of nitrogens with zero attached hydrogens (tertiary/aromatic N) is 4. The van der Waals surface area contributed by atoms with Gasteiger partial charge in [-0.15, -0.1) is 0 Å². The van der Waals surface area contributed by atoms with Crippen LogP contribution < -0.4 is 19.9 Å². The summed E-state index contributed by atoms with van der Waals surface area (Å²) in [7, 11) is 2.93. The lowest BCUT2D eigenvalue weighted by Gasteiger charge is -2.34. The van der Waals surface area contributed by atoms with Gasteiger partial charge in [-0.3, -0.25) is 19.3 Å². The molecule has 3 atom stereocenters. The van der Waals surface area contributed by atoms with Crippen LogP contribution in [0.2, 0.25) is 0 Å². The molecule has 13 heteroatoms. The third kappa shape index (κ3) is 7.77. The highest BCUT2D eigenvalue weighted by atomic mass is 16.6. The number of nitriles is 1. The number of rotatable bonds is 8. The van der Waals surface area contributed by atoms with Crippen LogP contribution in [0.4, 0.5) is 16.2 Å². The second-order valence-corrected chi connectivity index (χ2v) is 13.8. The number of methoxy groups -OCH3 is 1. The first kappa shape index (κ1) is 37.8. The lowest BCUT2D eigenvalue weighted by molar-refractivity contribution is -0.130. The van der Waals surface area contributed by atoms with Gasteiger partial charge in [0, 0.05) is 18.2 Å². The second-order valence-electron chi connectivity index (χ2n) is 13.8. The molecule has 53 heavy (non-hydrogen) atoms. The summed E-state index contributed by atoms with van der Waals surface area (Å²) in [6, 6.07) is 19.8. The molecule has 1 heterocycles. The Morgan fingerprint density at radius 1 is 0.981 bits per heavy atom. The molecule has 0 aliphatic carbocycles. The second kappa shape index (κ2) is 15.1. The van der Waals surface area contributed by atoms with Crippen LogP contribution in [-0.2, 0) is 20.9 Å². The zero-order chi connectivity index (χ0) is 38.8. The van der Waals surface area contributed by atoms with Crippen LogP contribution in [0, 0.1) is 11.3 Å². The number of aromatic carboxylic acids is 1. The molecular weight excluding hydrogens is 678 g/mol. The van der Waals surface area contributed by atoms with Crippen LogP contribution in [0.5, 0.6) is 5.75 Å². The van der Waals surface area contributed by atoms with Crippen LogP contribution in [0.25, 0.3) is 10.8 Å². The van der Waals surface area contributed by atoms with E-state index in [0.29, 0.717) is 11.3 Å². The number of anilines is 2. The largest absolute Gasteiger partial charge is 0.496 e. The van der Waals surface area contributed by atoms with E-state index in [2.05, 4.69) is 11.4 Å². The van der Waals surface area contributed by atoms with Gasteiger partial charge in [0.25, 0.3) is 11.8 Å². The van der Waals surface area contributed by atoms with Crippen LogP contribution in [0.3, 0.4) is 0 Å². The summed E-state index contributed by atoms with van der Waals surface area (Å²) in [6.07, 6.45) is -0.747. The van der Waals surface area contributed by atoms with Crippen molar-refractivity contribution in [1.82, 2.24) is 10.2 Å². The van der Waals surface area contributed by atoms with Gasteiger partial charge in [-0.05, 0) is 93.9 Å². The Balaban J connectivity index is 1.67. The summed E-state index contributed by atoms with van der Waals surface area (Å²) in [4.78, 5) is 71.8. The van der Waals surface area contributed by atoms with Crippen LogP contribution in [0.1, 0.15) is 66.5 Å². The number of hydrogen-bond acceptors (Lipinski definition) is 8. The molecular formula is C40H41N5O8. The maximum Gasteiger partial charge on any atom is 0.410 e. The highest BCUT2D eigenvalue weighted by molar-refractivity contribution is 6.14. The van der Waals surface area contributed by atoms with Crippen molar-refractivity contribution < 1.29 is 38.6 Å². The molecule has 5 rings (SSSR count). The number of benzene rings is 4. The van der Waals surface area contributed by atoms with Gasteiger partial charge in [0.15, 0.2) is 0 Å². The number of amides is 4. The van der Waals surface area contributed by atoms with Gasteiger partial charge >= 0.3 is 12.1 Å². The van der Waals surface area contributed by atoms with Crippen LogP contribution in [-0.4, -0.2) is 77.7 Å². The monoisotopic (exact) mass is 719 g/mol. The molecule has 13 nitrogen and oxygen atoms in total. The normalized spacial score (nSPS) is 16.2. The fourth-order valence-corrected chi connectivity index (χ4v) is 6.18. The van der Waals surface area contributed by atoms with Crippen LogP contribution in [0.15, 0.2) is 78.9 Å². The Kier molecular flexibility index (Phi) is 10.7. The summed E-state index contributed by atoms with van der Waals surface area (Å²) in [5.74, 6) is -2.54. The average Bonchev–Trinajstić information content (AvgIpc) is 3.21. The van der Waals surface area contributed by atoms with Gasteiger partial charge in [-0.2, -0.15) is 5.26 Å². The number of ether oxygens (including phenoxy) is 2. The van der Waals surface area contributed by atoms with E-state index < -0.39 is 53.5 Å². The van der Waals surface area contributed by atoms with E-state index in [9.17, 15) is 34.3 Å². The maximum atomic E-state index is 15.0. The molecule has 4 aromatic carbocycles. The lowest BCUT2D eigenvalue weighted by atomic mass is 10.0. The molecule has 1 aliphatic rings. The zero-order valence-electron chi connectivity index (χ0n) is 30.5. The molecule has 3 unspecified atom stereocenters. The zero-order valence-corrected chi connectivity index (χ0v) is 30.5. The highest BCUT2D eigenvalue weighted by Gasteiger charge is 2.44. The number of likely N-dealkylation sites (N-methyl/N-ethyl adjacent to an activating group) is 1. The molecule has 1 aliphatic heterocycles. The Morgan fingerprint density at radius 3 is 2.26 bits per heavy atom. The number of carbonyl (C=O) groups excluding carboxylic acids is 4. The number of nitrogens with one attached hydrogen (secondary N) is 1. The summed E-state index contributed by atoms with van der Waals surface area (Å²) in [6.45, 7) is 8.13. The molecule has 4 aromatic rings. The molecule has 0 saturated carbocycles. The van der Waals surface area contributed by atoms with Crippen molar-refractivity contribution >= 4 is 51.9 Å². The molecule has 0 saturated heterocycles. The van der Waals surface area contributed by atoms with Crippen molar-refractivity contribution in [3.63, 3.8) is 0 Å². The standard InChI is InChI=1S/C40H41N5O8/c1-23-34(42-35(46)24(2)43(6)39(51)53-40(3,4)5)37(48)44(22-30-29-11-9-8-10-26(29)17-19-33(30)52-7)31-18-12-25(21-41)20-32(31)45(23)36(47)27-13-15-28(16-14-27)38(49)50/h8-20,23-24,34H,22H2,1-7H3,(H,42,46)(H,49,50). The smallest absolute Gasteiger partial charge is 0.410 e. The molecule has 0 spiro atoms. The van der Waals surface area contributed by atoms with Crippen molar-refractivity contribution in [1.29, 1.82) is 5.26 Å². The van der Waals surface area contributed by atoms with Gasteiger partial charge in [-0.25, -0.2) is 9.59 Å². The SMILES string of the molecule is COc1ccc2ccccc2c1CN1C(=O)C(NC(=O)C(C)N(C)C(=O)OC(C)(C)C)C(C)N(C(=O)c2ccc(C(=O)O)cc2)c2cc(C#N)ccc21. The van der Waals surface area contributed by atoms with E-state index in [-0.39, 0.29) is 34.6 Å². The molecule has 0 aromatic heterocycles. The number of carboxylic acid groups (broad SMARTS) is 1. The maximum absolute atomic E-state index is 15.0. The molecule has 2 N–H and O–H groups in total. The van der Waals surface area contributed by atoms with E-state index in [4.69, 9.17) is 9.47 Å². The van der Waals surface area contributed by atoms with E-state index in [1.807, 2.05) is 30.3 Å². The highest BCUT2D eigenvalue weighted by Crippen LogP contribution is 2.40. The quantitative estimate of drug-likeness (QED) is 0.231. The summed E-state index contributed by atoms with van der Waals surface area (Å²) in [5, 5.41) is 23.9. The third-order valence-electron chi connectivity index (χ3n) is 9.15. The number of carbonyl (C=O) groups is 5. The first-order chi connectivity index (χ1) is 25.1.